The molecule has 0 spiro atoms. The summed E-state index contributed by atoms with van der Waals surface area (Å²) in [4.78, 5) is 30.4. The van der Waals surface area contributed by atoms with Gasteiger partial charge in [-0.05, 0) is 54.7 Å². The molecule has 2 amide bonds. The topological polar surface area (TPSA) is 62.3 Å². The molecule has 1 aliphatic heterocycles. The van der Waals surface area contributed by atoms with E-state index in [0.29, 0.717) is 6.42 Å². The first-order valence-corrected chi connectivity index (χ1v) is 9.17. The lowest BCUT2D eigenvalue weighted by atomic mass is 10.1. The van der Waals surface area contributed by atoms with Gasteiger partial charge in [-0.2, -0.15) is 0 Å². The minimum Gasteiger partial charge on any atom is -0.326 e. The van der Waals surface area contributed by atoms with E-state index in [1.54, 1.807) is 6.20 Å². The highest BCUT2D eigenvalue weighted by Crippen LogP contribution is 2.31. The Balaban J connectivity index is 1.54. The number of rotatable bonds is 6. The van der Waals surface area contributed by atoms with Crippen LogP contribution in [0.15, 0.2) is 42.7 Å². The number of benzene rings is 1. The van der Waals surface area contributed by atoms with Gasteiger partial charge in [-0.15, -0.1) is 0 Å². The van der Waals surface area contributed by atoms with Gasteiger partial charge in [0.25, 0.3) is 0 Å². The van der Waals surface area contributed by atoms with Gasteiger partial charge in [-0.3, -0.25) is 14.6 Å². The Kier molecular flexibility index (Phi) is 5.66. The molecule has 2 aromatic rings. The van der Waals surface area contributed by atoms with Crippen LogP contribution in [0.25, 0.3) is 0 Å². The van der Waals surface area contributed by atoms with Crippen molar-refractivity contribution in [3.63, 3.8) is 0 Å². The summed E-state index contributed by atoms with van der Waals surface area (Å²) < 4.78 is 0. The maximum absolute atomic E-state index is 12.3. The number of aryl methyl sites for hydroxylation is 1. The van der Waals surface area contributed by atoms with Crippen LogP contribution in [0.3, 0.4) is 0 Å². The van der Waals surface area contributed by atoms with Crippen LogP contribution in [-0.4, -0.2) is 23.3 Å². The zero-order chi connectivity index (χ0) is 18.5. The summed E-state index contributed by atoms with van der Waals surface area (Å²) in [5.74, 6) is 0.151. The van der Waals surface area contributed by atoms with E-state index >= 15 is 0 Å². The van der Waals surface area contributed by atoms with Crippen molar-refractivity contribution in [2.24, 2.45) is 5.92 Å². The molecule has 3 rings (SSSR count). The summed E-state index contributed by atoms with van der Waals surface area (Å²) in [6.07, 6.45) is 6.53. The number of carbonyl (C=O) groups is 2. The van der Waals surface area contributed by atoms with Crippen LogP contribution >= 0.6 is 0 Å². The summed E-state index contributed by atoms with van der Waals surface area (Å²) in [6.45, 7) is 4.55. The van der Waals surface area contributed by atoms with Crippen LogP contribution in [-0.2, 0) is 22.4 Å². The van der Waals surface area contributed by atoms with Gasteiger partial charge in [0, 0.05) is 42.7 Å². The number of aromatic nitrogens is 1. The fraction of sp³-hybridized carbons (Fsp3) is 0.381. The average molecular weight is 351 g/mol. The third-order valence-electron chi connectivity index (χ3n) is 4.61. The van der Waals surface area contributed by atoms with Gasteiger partial charge in [0.1, 0.15) is 0 Å². The Labute approximate surface area is 154 Å². The number of nitrogens with zero attached hydrogens (tertiary/aromatic N) is 2. The molecule has 136 valence electrons. The fourth-order valence-corrected chi connectivity index (χ4v) is 3.24. The number of pyridine rings is 1. The monoisotopic (exact) mass is 351 g/mol. The Hall–Kier alpha value is -2.69. The molecule has 2 heterocycles. The van der Waals surface area contributed by atoms with Crippen LogP contribution in [0.5, 0.6) is 0 Å². The zero-order valence-corrected chi connectivity index (χ0v) is 15.4. The lowest BCUT2D eigenvalue weighted by Gasteiger charge is -2.19. The fourth-order valence-electron chi connectivity index (χ4n) is 3.24. The molecule has 0 radical (unpaired) electrons. The van der Waals surface area contributed by atoms with Gasteiger partial charge >= 0.3 is 0 Å². The molecule has 1 aromatic carbocycles. The largest absolute Gasteiger partial charge is 0.326 e. The number of anilines is 2. The highest BCUT2D eigenvalue weighted by Gasteiger charge is 2.26. The second kappa shape index (κ2) is 8.13. The first-order valence-electron chi connectivity index (χ1n) is 9.17. The van der Waals surface area contributed by atoms with Crippen molar-refractivity contribution >= 4 is 23.2 Å². The maximum atomic E-state index is 12.3. The quantitative estimate of drug-likeness (QED) is 0.865. The van der Waals surface area contributed by atoms with Gasteiger partial charge in [-0.1, -0.05) is 19.9 Å². The van der Waals surface area contributed by atoms with Gasteiger partial charge < -0.3 is 10.2 Å². The predicted octanol–water partition coefficient (Wildman–Crippen LogP) is 3.59. The van der Waals surface area contributed by atoms with Crippen molar-refractivity contribution in [3.05, 3.63) is 53.9 Å². The zero-order valence-electron chi connectivity index (χ0n) is 15.4. The first kappa shape index (κ1) is 18.1. The molecule has 0 saturated heterocycles. The van der Waals surface area contributed by atoms with Crippen molar-refractivity contribution < 1.29 is 9.59 Å². The van der Waals surface area contributed by atoms with Gasteiger partial charge in [-0.25, -0.2) is 0 Å². The van der Waals surface area contributed by atoms with Crippen LogP contribution in [0, 0.1) is 5.92 Å². The smallest absolute Gasteiger partial charge is 0.229 e. The van der Waals surface area contributed by atoms with Gasteiger partial charge in [0.15, 0.2) is 0 Å². The SMILES string of the molecule is CC(C)C(=O)N1CCc2cc(NC(=O)CCCc3cccnc3)ccc21. The Morgan fingerprint density at radius 2 is 2.12 bits per heavy atom. The number of carbonyl (C=O) groups excluding carboxylic acids is 2. The molecular weight excluding hydrogens is 326 g/mol. The second-order valence-corrected chi connectivity index (χ2v) is 7.00. The summed E-state index contributed by atoms with van der Waals surface area (Å²) in [5, 5.41) is 2.97. The summed E-state index contributed by atoms with van der Waals surface area (Å²) in [6, 6.07) is 9.74. The third kappa shape index (κ3) is 4.28. The summed E-state index contributed by atoms with van der Waals surface area (Å²) >= 11 is 0. The van der Waals surface area contributed by atoms with Crippen molar-refractivity contribution in [1.29, 1.82) is 0 Å². The lowest BCUT2D eigenvalue weighted by molar-refractivity contribution is -0.121. The predicted molar refractivity (Wildman–Crippen MR) is 103 cm³/mol. The normalized spacial score (nSPS) is 13.0. The minimum absolute atomic E-state index is 0.0138. The van der Waals surface area contributed by atoms with Crippen molar-refractivity contribution in [2.45, 2.75) is 39.5 Å². The standard InChI is InChI=1S/C21H25N3O2/c1-15(2)21(26)24-12-10-17-13-18(8-9-19(17)24)23-20(25)7-3-5-16-6-4-11-22-14-16/h4,6,8-9,11,13-15H,3,5,7,10,12H2,1-2H3,(H,23,25). The molecule has 0 bridgehead atoms. The van der Waals surface area contributed by atoms with Crippen LogP contribution in [0.1, 0.15) is 37.8 Å². The van der Waals surface area contributed by atoms with Gasteiger partial charge in [0.05, 0.1) is 0 Å². The molecule has 5 nitrogen and oxygen atoms in total. The van der Waals surface area contributed by atoms with E-state index in [1.165, 1.54) is 0 Å². The number of fused-ring (bicyclic) bond motifs is 1. The van der Waals surface area contributed by atoms with E-state index in [4.69, 9.17) is 0 Å². The lowest BCUT2D eigenvalue weighted by Crippen LogP contribution is -2.32. The number of nitrogens with one attached hydrogen (secondary N) is 1. The van der Waals surface area contributed by atoms with E-state index < -0.39 is 0 Å². The van der Waals surface area contributed by atoms with Gasteiger partial charge in [0.2, 0.25) is 11.8 Å². The highest BCUT2D eigenvalue weighted by molar-refractivity contribution is 5.97. The van der Waals surface area contributed by atoms with E-state index in [9.17, 15) is 9.59 Å². The Bertz CT molecular complexity index is 787. The minimum atomic E-state index is -0.0138. The number of hydrogen-bond acceptors (Lipinski definition) is 3. The molecule has 0 saturated carbocycles. The first-order chi connectivity index (χ1) is 12.5. The van der Waals surface area contributed by atoms with Crippen molar-refractivity contribution in [1.82, 2.24) is 4.98 Å². The van der Waals surface area contributed by atoms with E-state index in [2.05, 4.69) is 10.3 Å². The summed E-state index contributed by atoms with van der Waals surface area (Å²) in [5.41, 5.74) is 4.03. The molecule has 5 heteroatoms. The van der Waals surface area contributed by atoms with Crippen molar-refractivity contribution in [3.8, 4) is 0 Å². The molecular formula is C21H25N3O2. The number of amides is 2. The summed E-state index contributed by atoms with van der Waals surface area (Å²) in [7, 11) is 0. The van der Waals surface area contributed by atoms with E-state index in [1.807, 2.05) is 55.3 Å². The van der Waals surface area contributed by atoms with Crippen LogP contribution in [0.4, 0.5) is 11.4 Å². The molecule has 0 fully saturated rings. The van der Waals surface area contributed by atoms with Crippen LogP contribution in [0.2, 0.25) is 0 Å². The average Bonchev–Trinajstić information content (AvgIpc) is 3.05. The Morgan fingerprint density at radius 3 is 2.85 bits per heavy atom. The molecule has 0 atom stereocenters. The van der Waals surface area contributed by atoms with E-state index in [0.717, 1.165) is 48.3 Å². The maximum Gasteiger partial charge on any atom is 0.229 e. The van der Waals surface area contributed by atoms with Crippen molar-refractivity contribution in [2.75, 3.05) is 16.8 Å². The highest BCUT2D eigenvalue weighted by atomic mass is 16.2. The molecule has 0 aliphatic carbocycles. The second-order valence-electron chi connectivity index (χ2n) is 7.00. The molecule has 26 heavy (non-hydrogen) atoms. The Morgan fingerprint density at radius 1 is 1.27 bits per heavy atom. The molecule has 1 aromatic heterocycles. The molecule has 0 unspecified atom stereocenters. The number of hydrogen-bond donors (Lipinski definition) is 1. The molecule has 1 N–H and O–H groups in total. The molecule has 1 aliphatic rings. The van der Waals surface area contributed by atoms with Crippen LogP contribution < -0.4 is 10.2 Å². The third-order valence-corrected chi connectivity index (χ3v) is 4.61. The van der Waals surface area contributed by atoms with E-state index in [-0.39, 0.29) is 17.7 Å².